The second-order valence-electron chi connectivity index (χ2n) is 5.99. The first-order chi connectivity index (χ1) is 9.81. The summed E-state index contributed by atoms with van der Waals surface area (Å²) < 4.78 is 5.38. The number of benzene rings is 1. The molecule has 0 amide bonds. The maximum Gasteiger partial charge on any atom is 0.240 e. The molecule has 0 radical (unpaired) electrons. The monoisotopic (exact) mass is 269 g/mol. The van der Waals surface area contributed by atoms with Gasteiger partial charge in [0, 0.05) is 12.0 Å². The molecule has 0 bridgehead atoms. The van der Waals surface area contributed by atoms with Crippen LogP contribution in [-0.4, -0.2) is 22.1 Å². The molecule has 2 aromatic rings. The standard InChI is InChI=1S/C16H19N3O/c1-19(10-15-17-16(18-20-15)12-6-7-12)14-9-8-11-4-2-3-5-13(11)14/h2-5,12,14H,6-10H2,1H3/t14-/m0/s1. The summed E-state index contributed by atoms with van der Waals surface area (Å²) in [6, 6.07) is 9.21. The molecule has 0 saturated heterocycles. The van der Waals surface area contributed by atoms with Crippen molar-refractivity contribution < 1.29 is 4.52 Å². The van der Waals surface area contributed by atoms with Crippen molar-refractivity contribution in [1.82, 2.24) is 15.0 Å². The summed E-state index contributed by atoms with van der Waals surface area (Å²) >= 11 is 0. The summed E-state index contributed by atoms with van der Waals surface area (Å²) in [5.41, 5.74) is 2.94. The minimum atomic E-state index is 0.475. The van der Waals surface area contributed by atoms with Crippen LogP contribution in [0.2, 0.25) is 0 Å². The van der Waals surface area contributed by atoms with Gasteiger partial charge in [0.25, 0.3) is 0 Å². The van der Waals surface area contributed by atoms with Gasteiger partial charge >= 0.3 is 0 Å². The lowest BCUT2D eigenvalue weighted by Gasteiger charge is -2.23. The molecule has 20 heavy (non-hydrogen) atoms. The third kappa shape index (κ3) is 2.14. The molecule has 1 atom stereocenters. The summed E-state index contributed by atoms with van der Waals surface area (Å²) in [4.78, 5) is 6.85. The molecule has 1 fully saturated rings. The van der Waals surface area contributed by atoms with E-state index in [4.69, 9.17) is 4.52 Å². The van der Waals surface area contributed by atoms with Gasteiger partial charge in [-0.3, -0.25) is 4.90 Å². The molecule has 4 heteroatoms. The van der Waals surface area contributed by atoms with Crippen LogP contribution in [0.5, 0.6) is 0 Å². The van der Waals surface area contributed by atoms with Crippen molar-refractivity contribution in [3.05, 3.63) is 47.1 Å². The molecule has 2 aliphatic rings. The number of fused-ring (bicyclic) bond motifs is 1. The molecule has 2 aliphatic carbocycles. The molecule has 1 heterocycles. The zero-order valence-corrected chi connectivity index (χ0v) is 11.7. The summed E-state index contributed by atoms with van der Waals surface area (Å²) in [6.07, 6.45) is 4.78. The maximum absolute atomic E-state index is 5.38. The van der Waals surface area contributed by atoms with Crippen molar-refractivity contribution in [2.45, 2.75) is 44.2 Å². The van der Waals surface area contributed by atoms with E-state index in [9.17, 15) is 0 Å². The number of aromatic nitrogens is 2. The van der Waals surface area contributed by atoms with E-state index in [1.54, 1.807) is 0 Å². The van der Waals surface area contributed by atoms with E-state index in [0.29, 0.717) is 12.0 Å². The summed E-state index contributed by atoms with van der Waals surface area (Å²) in [5, 5.41) is 4.09. The minimum absolute atomic E-state index is 0.475. The van der Waals surface area contributed by atoms with E-state index in [1.807, 2.05) is 0 Å². The average Bonchev–Trinajstić information content (AvgIpc) is 3.06. The van der Waals surface area contributed by atoms with Crippen LogP contribution in [0.15, 0.2) is 28.8 Å². The Morgan fingerprint density at radius 3 is 2.95 bits per heavy atom. The lowest BCUT2D eigenvalue weighted by Crippen LogP contribution is -2.22. The number of aryl methyl sites for hydroxylation is 1. The van der Waals surface area contributed by atoms with Gasteiger partial charge in [-0.05, 0) is 43.9 Å². The van der Waals surface area contributed by atoms with Gasteiger partial charge < -0.3 is 4.52 Å². The van der Waals surface area contributed by atoms with Crippen LogP contribution >= 0.6 is 0 Å². The van der Waals surface area contributed by atoms with Gasteiger partial charge in [-0.15, -0.1) is 0 Å². The van der Waals surface area contributed by atoms with Gasteiger partial charge in [0.2, 0.25) is 5.89 Å². The number of hydrogen-bond donors (Lipinski definition) is 0. The predicted molar refractivity (Wildman–Crippen MR) is 75.2 cm³/mol. The Bertz CT molecular complexity index is 618. The van der Waals surface area contributed by atoms with Crippen LogP contribution in [0, 0.1) is 0 Å². The Labute approximate surface area is 118 Å². The van der Waals surface area contributed by atoms with Crippen molar-refractivity contribution in [3.63, 3.8) is 0 Å². The fourth-order valence-electron chi connectivity index (χ4n) is 3.16. The lowest BCUT2D eigenvalue weighted by molar-refractivity contribution is 0.204. The second kappa shape index (κ2) is 4.70. The van der Waals surface area contributed by atoms with Gasteiger partial charge in [0.15, 0.2) is 5.82 Å². The molecule has 0 N–H and O–H groups in total. The molecule has 4 nitrogen and oxygen atoms in total. The van der Waals surface area contributed by atoms with Crippen molar-refractivity contribution in [2.75, 3.05) is 7.05 Å². The first-order valence-corrected chi connectivity index (χ1v) is 7.42. The number of rotatable bonds is 4. The number of nitrogens with zero attached hydrogens (tertiary/aromatic N) is 3. The largest absolute Gasteiger partial charge is 0.338 e. The highest BCUT2D eigenvalue weighted by atomic mass is 16.5. The van der Waals surface area contributed by atoms with E-state index >= 15 is 0 Å². The van der Waals surface area contributed by atoms with Crippen LogP contribution in [0.25, 0.3) is 0 Å². The zero-order chi connectivity index (χ0) is 13.5. The highest BCUT2D eigenvalue weighted by Gasteiger charge is 2.30. The highest BCUT2D eigenvalue weighted by molar-refractivity contribution is 5.34. The first-order valence-electron chi connectivity index (χ1n) is 7.42. The third-order valence-corrected chi connectivity index (χ3v) is 4.44. The normalized spacial score (nSPS) is 21.4. The van der Waals surface area contributed by atoms with Gasteiger partial charge in [0.05, 0.1) is 6.54 Å². The van der Waals surface area contributed by atoms with Crippen LogP contribution < -0.4 is 0 Å². The van der Waals surface area contributed by atoms with Crippen LogP contribution in [0.3, 0.4) is 0 Å². The predicted octanol–water partition coefficient (Wildman–Crippen LogP) is 3.07. The summed E-state index contributed by atoms with van der Waals surface area (Å²) in [5.74, 6) is 2.21. The molecule has 1 aromatic carbocycles. The summed E-state index contributed by atoms with van der Waals surface area (Å²) in [6.45, 7) is 0.735. The SMILES string of the molecule is CN(Cc1nc(C2CC2)no1)[C@H]1CCc2ccccc21. The van der Waals surface area contributed by atoms with E-state index in [1.165, 1.54) is 36.8 Å². The van der Waals surface area contributed by atoms with E-state index in [0.717, 1.165) is 18.3 Å². The van der Waals surface area contributed by atoms with Gasteiger partial charge in [-0.2, -0.15) is 4.98 Å². The third-order valence-electron chi connectivity index (χ3n) is 4.44. The smallest absolute Gasteiger partial charge is 0.240 e. The molecule has 0 unspecified atom stereocenters. The fraction of sp³-hybridized carbons (Fsp3) is 0.500. The first kappa shape index (κ1) is 12.1. The lowest BCUT2D eigenvalue weighted by atomic mass is 10.1. The van der Waals surface area contributed by atoms with E-state index < -0.39 is 0 Å². The Kier molecular flexibility index (Phi) is 2.84. The molecule has 0 spiro atoms. The van der Waals surface area contributed by atoms with Gasteiger partial charge in [0.1, 0.15) is 0 Å². The average molecular weight is 269 g/mol. The topological polar surface area (TPSA) is 42.2 Å². The van der Waals surface area contributed by atoms with Gasteiger partial charge in [-0.1, -0.05) is 29.4 Å². The quantitative estimate of drug-likeness (QED) is 0.855. The van der Waals surface area contributed by atoms with Crippen molar-refractivity contribution in [2.24, 2.45) is 0 Å². The Morgan fingerprint density at radius 2 is 2.10 bits per heavy atom. The number of hydrogen-bond acceptors (Lipinski definition) is 4. The maximum atomic E-state index is 5.38. The Balaban J connectivity index is 1.48. The van der Waals surface area contributed by atoms with Crippen molar-refractivity contribution >= 4 is 0 Å². The molecular weight excluding hydrogens is 250 g/mol. The van der Waals surface area contributed by atoms with Gasteiger partial charge in [-0.25, -0.2) is 0 Å². The highest BCUT2D eigenvalue weighted by Crippen LogP contribution is 2.38. The fourth-order valence-corrected chi connectivity index (χ4v) is 3.16. The zero-order valence-electron chi connectivity index (χ0n) is 11.7. The molecule has 1 aromatic heterocycles. The van der Waals surface area contributed by atoms with Crippen LogP contribution in [0.1, 0.15) is 54.1 Å². The van der Waals surface area contributed by atoms with Crippen LogP contribution in [0.4, 0.5) is 0 Å². The Hall–Kier alpha value is -1.68. The molecule has 0 aliphatic heterocycles. The molecule has 1 saturated carbocycles. The van der Waals surface area contributed by atoms with Crippen LogP contribution in [-0.2, 0) is 13.0 Å². The van der Waals surface area contributed by atoms with E-state index in [-0.39, 0.29) is 0 Å². The summed E-state index contributed by atoms with van der Waals surface area (Å²) in [7, 11) is 2.15. The van der Waals surface area contributed by atoms with E-state index in [2.05, 4.69) is 46.4 Å². The Morgan fingerprint density at radius 1 is 1.25 bits per heavy atom. The molecular formula is C16H19N3O. The molecule has 4 rings (SSSR count). The van der Waals surface area contributed by atoms with Crippen molar-refractivity contribution in [3.8, 4) is 0 Å². The minimum Gasteiger partial charge on any atom is -0.338 e. The van der Waals surface area contributed by atoms with Crippen molar-refractivity contribution in [1.29, 1.82) is 0 Å². The molecule has 104 valence electrons. The second-order valence-corrected chi connectivity index (χ2v) is 5.99.